The van der Waals surface area contributed by atoms with Crippen molar-refractivity contribution >= 4 is 21.8 Å². The molecule has 4 aromatic rings. The minimum atomic E-state index is -3.70. The molecule has 0 amide bonds. The molecule has 1 atom stereocenters. The van der Waals surface area contributed by atoms with E-state index in [9.17, 15) is 12.8 Å². The van der Waals surface area contributed by atoms with Gasteiger partial charge in [-0.3, -0.25) is 0 Å². The van der Waals surface area contributed by atoms with Crippen molar-refractivity contribution in [2.24, 2.45) is 7.05 Å². The maximum atomic E-state index is 14.2. The van der Waals surface area contributed by atoms with Crippen LogP contribution in [-0.2, 0) is 17.1 Å². The van der Waals surface area contributed by atoms with Gasteiger partial charge in [-0.25, -0.2) is 17.5 Å². The van der Waals surface area contributed by atoms with Gasteiger partial charge in [-0.05, 0) is 43.2 Å². The zero-order valence-electron chi connectivity index (χ0n) is 18.8. The second-order valence-electron chi connectivity index (χ2n) is 7.88. The van der Waals surface area contributed by atoms with E-state index in [2.05, 4.69) is 14.9 Å². The average Bonchev–Trinajstić information content (AvgIpc) is 3.19. The van der Waals surface area contributed by atoms with Gasteiger partial charge in [0.25, 0.3) is 0 Å². The van der Waals surface area contributed by atoms with Crippen LogP contribution in [-0.4, -0.2) is 28.9 Å². The van der Waals surface area contributed by atoms with Crippen molar-refractivity contribution in [3.8, 4) is 11.4 Å². The highest BCUT2D eigenvalue weighted by Crippen LogP contribution is 2.28. The standard InChI is InChI=1S/C25H25FN4O2S2/c1-18-12-14-20(15-13-18)34(31,32)29-23(19-8-4-3-5-9-19)16-17-33-25-28-27-24(30(25)2)21-10-6-7-11-22(21)26/h3-15,23,29H,16-17H2,1-2H3. The van der Waals surface area contributed by atoms with Crippen LogP contribution >= 0.6 is 11.8 Å². The number of thioether (sulfide) groups is 1. The van der Waals surface area contributed by atoms with Gasteiger partial charge >= 0.3 is 0 Å². The number of nitrogens with zero attached hydrogens (tertiary/aromatic N) is 3. The maximum absolute atomic E-state index is 14.2. The molecular formula is C25H25FN4O2S2. The first-order chi connectivity index (χ1) is 16.3. The summed E-state index contributed by atoms with van der Waals surface area (Å²) in [6.07, 6.45) is 0.529. The molecular weight excluding hydrogens is 471 g/mol. The number of rotatable bonds is 9. The Balaban J connectivity index is 1.49. The lowest BCUT2D eigenvalue weighted by molar-refractivity contribution is 0.551. The van der Waals surface area contributed by atoms with Gasteiger partial charge in [0.05, 0.1) is 10.5 Å². The molecule has 1 unspecified atom stereocenters. The topological polar surface area (TPSA) is 76.9 Å². The third-order valence-electron chi connectivity index (χ3n) is 5.42. The van der Waals surface area contributed by atoms with E-state index < -0.39 is 16.1 Å². The van der Waals surface area contributed by atoms with Crippen LogP contribution < -0.4 is 4.72 Å². The van der Waals surface area contributed by atoms with E-state index >= 15 is 0 Å². The molecule has 3 aromatic carbocycles. The summed E-state index contributed by atoms with van der Waals surface area (Å²) in [5.41, 5.74) is 2.26. The van der Waals surface area contributed by atoms with Crippen molar-refractivity contribution in [1.82, 2.24) is 19.5 Å². The number of aryl methyl sites for hydroxylation is 1. The monoisotopic (exact) mass is 496 g/mol. The summed E-state index contributed by atoms with van der Waals surface area (Å²) in [5.74, 6) is 0.670. The van der Waals surface area contributed by atoms with Gasteiger partial charge < -0.3 is 4.57 Å². The lowest BCUT2D eigenvalue weighted by Crippen LogP contribution is -2.29. The van der Waals surface area contributed by atoms with Crippen molar-refractivity contribution in [3.05, 3.63) is 95.8 Å². The fraction of sp³-hybridized carbons (Fsp3) is 0.200. The Labute approximate surface area is 203 Å². The lowest BCUT2D eigenvalue weighted by Gasteiger charge is -2.19. The predicted octanol–water partition coefficient (Wildman–Crippen LogP) is 5.13. The molecule has 0 saturated carbocycles. The van der Waals surface area contributed by atoms with Gasteiger partial charge in [0.15, 0.2) is 11.0 Å². The number of nitrogens with one attached hydrogen (secondary N) is 1. The summed E-state index contributed by atoms with van der Waals surface area (Å²) in [6, 6.07) is 22.3. The average molecular weight is 497 g/mol. The maximum Gasteiger partial charge on any atom is 0.241 e. The predicted molar refractivity (Wildman–Crippen MR) is 132 cm³/mol. The van der Waals surface area contributed by atoms with Crippen molar-refractivity contribution in [2.45, 2.75) is 29.4 Å². The molecule has 6 nitrogen and oxygen atoms in total. The normalized spacial score (nSPS) is 12.6. The number of aromatic nitrogens is 3. The number of halogens is 1. The quantitative estimate of drug-likeness (QED) is 0.325. The van der Waals surface area contributed by atoms with Crippen LogP contribution in [0.2, 0.25) is 0 Å². The molecule has 0 bridgehead atoms. The van der Waals surface area contributed by atoms with E-state index in [0.717, 1.165) is 11.1 Å². The Kier molecular flexibility index (Phi) is 7.45. The molecule has 0 radical (unpaired) electrons. The molecule has 0 aliphatic carbocycles. The fourth-order valence-corrected chi connectivity index (χ4v) is 5.71. The molecule has 176 valence electrons. The van der Waals surface area contributed by atoms with Gasteiger partial charge in [0.1, 0.15) is 5.82 Å². The largest absolute Gasteiger partial charge is 0.305 e. The lowest BCUT2D eigenvalue weighted by atomic mass is 10.1. The zero-order chi connectivity index (χ0) is 24.1. The van der Waals surface area contributed by atoms with E-state index in [1.54, 1.807) is 54.1 Å². The number of sulfonamides is 1. The summed E-state index contributed by atoms with van der Waals surface area (Å²) in [5, 5.41) is 8.98. The molecule has 9 heteroatoms. The summed E-state index contributed by atoms with van der Waals surface area (Å²) < 4.78 is 44.8. The molecule has 1 aromatic heterocycles. The molecule has 34 heavy (non-hydrogen) atoms. The van der Waals surface area contributed by atoms with Crippen molar-refractivity contribution in [2.75, 3.05) is 5.75 Å². The number of benzene rings is 3. The van der Waals surface area contributed by atoms with Gasteiger partial charge in [-0.15, -0.1) is 10.2 Å². The molecule has 0 spiro atoms. The van der Waals surface area contributed by atoms with Crippen LogP contribution in [0.1, 0.15) is 23.6 Å². The Hall–Kier alpha value is -3.01. The number of hydrogen-bond acceptors (Lipinski definition) is 5. The van der Waals surface area contributed by atoms with Crippen molar-refractivity contribution in [1.29, 1.82) is 0 Å². The fourth-order valence-electron chi connectivity index (χ4n) is 3.54. The van der Waals surface area contributed by atoms with Gasteiger partial charge in [-0.2, -0.15) is 0 Å². The molecule has 0 saturated heterocycles. The first kappa shape index (κ1) is 24.1. The summed E-state index contributed by atoms with van der Waals surface area (Å²) in [4.78, 5) is 0.231. The van der Waals surface area contributed by atoms with Crippen LogP contribution in [0.3, 0.4) is 0 Å². The summed E-state index contributed by atoms with van der Waals surface area (Å²) >= 11 is 1.45. The Morgan fingerprint density at radius 3 is 2.35 bits per heavy atom. The minimum Gasteiger partial charge on any atom is -0.305 e. The van der Waals surface area contributed by atoms with E-state index in [-0.39, 0.29) is 10.7 Å². The number of hydrogen-bond donors (Lipinski definition) is 1. The van der Waals surface area contributed by atoms with Crippen LogP contribution in [0.15, 0.2) is 88.9 Å². The second kappa shape index (κ2) is 10.5. The molecule has 0 aliphatic rings. The Morgan fingerprint density at radius 1 is 0.971 bits per heavy atom. The van der Waals surface area contributed by atoms with Gasteiger partial charge in [-0.1, -0.05) is 71.9 Å². The summed E-state index contributed by atoms with van der Waals surface area (Å²) in [6.45, 7) is 1.91. The minimum absolute atomic E-state index is 0.231. The van der Waals surface area contributed by atoms with Crippen LogP contribution in [0, 0.1) is 12.7 Å². The van der Waals surface area contributed by atoms with Gasteiger partial charge in [0, 0.05) is 18.8 Å². The van der Waals surface area contributed by atoms with E-state index in [0.29, 0.717) is 28.7 Å². The van der Waals surface area contributed by atoms with Crippen molar-refractivity contribution < 1.29 is 12.8 Å². The highest BCUT2D eigenvalue weighted by Gasteiger charge is 2.22. The molecule has 4 rings (SSSR count). The van der Waals surface area contributed by atoms with Crippen LogP contribution in [0.25, 0.3) is 11.4 Å². The van der Waals surface area contributed by atoms with Crippen molar-refractivity contribution in [3.63, 3.8) is 0 Å². The van der Waals surface area contributed by atoms with E-state index in [1.807, 2.05) is 37.3 Å². The van der Waals surface area contributed by atoms with Gasteiger partial charge in [0.2, 0.25) is 10.0 Å². The molecule has 0 aliphatic heterocycles. The van der Waals surface area contributed by atoms with Crippen LogP contribution in [0.5, 0.6) is 0 Å². The molecule has 1 N–H and O–H groups in total. The molecule has 1 heterocycles. The highest BCUT2D eigenvalue weighted by molar-refractivity contribution is 7.99. The molecule has 0 fully saturated rings. The third kappa shape index (κ3) is 5.55. The SMILES string of the molecule is Cc1ccc(S(=O)(=O)NC(CCSc2nnc(-c3ccccc3F)n2C)c2ccccc2)cc1. The third-order valence-corrected chi connectivity index (χ3v) is 7.96. The highest BCUT2D eigenvalue weighted by atomic mass is 32.2. The summed E-state index contributed by atoms with van der Waals surface area (Å²) in [7, 11) is -1.91. The Bertz CT molecular complexity index is 1360. The smallest absolute Gasteiger partial charge is 0.241 e. The zero-order valence-corrected chi connectivity index (χ0v) is 20.5. The first-order valence-electron chi connectivity index (χ1n) is 10.8. The Morgan fingerprint density at radius 2 is 1.65 bits per heavy atom. The van der Waals surface area contributed by atoms with E-state index in [1.165, 1.54) is 17.8 Å². The van der Waals surface area contributed by atoms with Crippen LogP contribution in [0.4, 0.5) is 4.39 Å². The van der Waals surface area contributed by atoms with E-state index in [4.69, 9.17) is 0 Å². The first-order valence-corrected chi connectivity index (χ1v) is 13.2. The second-order valence-corrected chi connectivity index (χ2v) is 10.7.